The first-order valence-electron chi connectivity index (χ1n) is 8.43. The van der Waals surface area contributed by atoms with E-state index in [0.717, 1.165) is 47.5 Å². The smallest absolute Gasteiger partial charge is 0.143 e. The fourth-order valence-electron chi connectivity index (χ4n) is 3.70. The molecule has 0 amide bonds. The summed E-state index contributed by atoms with van der Waals surface area (Å²) in [7, 11) is 0. The molecular formula is C17H21ClN6O. The number of hydrogen-bond acceptors (Lipinski definition) is 5. The van der Waals surface area contributed by atoms with Crippen molar-refractivity contribution in [2.45, 2.75) is 45.4 Å². The molecule has 3 heterocycles. The molecule has 8 heteroatoms. The van der Waals surface area contributed by atoms with E-state index in [1.165, 1.54) is 0 Å². The van der Waals surface area contributed by atoms with Gasteiger partial charge in [-0.1, -0.05) is 11.6 Å². The predicted molar refractivity (Wildman–Crippen MR) is 96.7 cm³/mol. The first-order chi connectivity index (χ1) is 12.0. The molecule has 0 spiro atoms. The quantitative estimate of drug-likeness (QED) is 0.665. The Kier molecular flexibility index (Phi) is 4.13. The van der Waals surface area contributed by atoms with Crippen molar-refractivity contribution in [3.05, 3.63) is 35.0 Å². The standard InChI is InChI=1S/C17H21ClN6O/c1-9-10(2)22-16-15(9)17(20-8-19-16)23-13-3-11(4-14(13)25)6-24-7-12(18)5-21-24/h5,7-8,11,13-14,25H,3-4,6H2,1-2H3,(H2,19,20,22,23)/t11?,13-,14-/m1/s1. The highest BCUT2D eigenvalue weighted by Crippen LogP contribution is 2.32. The van der Waals surface area contributed by atoms with Crippen LogP contribution in [0.3, 0.4) is 0 Å². The van der Waals surface area contributed by atoms with Crippen molar-refractivity contribution in [1.82, 2.24) is 24.7 Å². The minimum absolute atomic E-state index is 0.0382. The summed E-state index contributed by atoms with van der Waals surface area (Å²) in [6.07, 6.45) is 6.17. The zero-order valence-corrected chi connectivity index (χ0v) is 15.0. The van der Waals surface area contributed by atoms with E-state index in [0.29, 0.717) is 10.9 Å². The number of aromatic nitrogens is 5. The molecule has 0 aromatic carbocycles. The van der Waals surface area contributed by atoms with Crippen LogP contribution in [0.5, 0.6) is 0 Å². The van der Waals surface area contributed by atoms with Gasteiger partial charge in [0.2, 0.25) is 0 Å². The first-order valence-corrected chi connectivity index (χ1v) is 8.81. The van der Waals surface area contributed by atoms with Crippen molar-refractivity contribution < 1.29 is 5.11 Å². The molecule has 3 aromatic rings. The van der Waals surface area contributed by atoms with E-state index in [4.69, 9.17) is 11.6 Å². The Morgan fingerprint density at radius 3 is 2.96 bits per heavy atom. The summed E-state index contributed by atoms with van der Waals surface area (Å²) < 4.78 is 1.84. The maximum Gasteiger partial charge on any atom is 0.143 e. The molecule has 1 unspecified atom stereocenters. The van der Waals surface area contributed by atoms with Gasteiger partial charge in [0.25, 0.3) is 0 Å². The number of aliphatic hydroxyl groups is 1. The van der Waals surface area contributed by atoms with Crippen LogP contribution in [-0.2, 0) is 6.54 Å². The van der Waals surface area contributed by atoms with Gasteiger partial charge >= 0.3 is 0 Å². The lowest BCUT2D eigenvalue weighted by atomic mass is 10.1. The predicted octanol–water partition coefficient (Wildman–Crippen LogP) is 2.68. The number of hydrogen-bond donors (Lipinski definition) is 3. The van der Waals surface area contributed by atoms with Crippen molar-refractivity contribution in [3.63, 3.8) is 0 Å². The lowest BCUT2D eigenvalue weighted by molar-refractivity contribution is 0.166. The van der Waals surface area contributed by atoms with Gasteiger partial charge in [0.05, 0.1) is 28.8 Å². The second kappa shape index (κ2) is 6.31. The molecule has 1 aliphatic carbocycles. The summed E-state index contributed by atoms with van der Waals surface area (Å²) in [6.45, 7) is 4.83. The highest BCUT2D eigenvalue weighted by Gasteiger charge is 2.34. The third kappa shape index (κ3) is 3.09. The monoisotopic (exact) mass is 360 g/mol. The first kappa shape index (κ1) is 16.4. The Bertz CT molecular complexity index is 904. The highest BCUT2D eigenvalue weighted by atomic mass is 35.5. The van der Waals surface area contributed by atoms with E-state index in [1.54, 1.807) is 12.5 Å². The Labute approximate surface area is 150 Å². The normalized spacial score (nSPS) is 23.4. The molecule has 0 radical (unpaired) electrons. The zero-order chi connectivity index (χ0) is 17.6. The summed E-state index contributed by atoms with van der Waals surface area (Å²) in [5.41, 5.74) is 3.04. The van der Waals surface area contributed by atoms with Crippen molar-refractivity contribution in [1.29, 1.82) is 0 Å². The number of rotatable bonds is 4. The van der Waals surface area contributed by atoms with E-state index in [1.807, 2.05) is 17.8 Å². The van der Waals surface area contributed by atoms with E-state index in [-0.39, 0.29) is 6.04 Å². The van der Waals surface area contributed by atoms with Crippen LogP contribution >= 0.6 is 11.6 Å². The fourth-order valence-corrected chi connectivity index (χ4v) is 3.86. The van der Waals surface area contributed by atoms with Crippen molar-refractivity contribution >= 4 is 28.5 Å². The number of aromatic amines is 1. The van der Waals surface area contributed by atoms with Gasteiger partial charge in [-0.25, -0.2) is 9.97 Å². The highest BCUT2D eigenvalue weighted by molar-refractivity contribution is 6.30. The number of fused-ring (bicyclic) bond motifs is 1. The molecule has 1 aliphatic rings. The third-order valence-corrected chi connectivity index (χ3v) is 5.28. The molecule has 132 valence electrons. The molecule has 3 atom stereocenters. The summed E-state index contributed by atoms with van der Waals surface area (Å²) >= 11 is 5.92. The minimum Gasteiger partial charge on any atom is -0.391 e. The molecule has 1 fully saturated rings. The molecule has 4 rings (SSSR count). The average molecular weight is 361 g/mol. The summed E-state index contributed by atoms with van der Waals surface area (Å²) in [6, 6.07) is -0.0382. The van der Waals surface area contributed by atoms with Crippen LogP contribution in [-0.4, -0.2) is 42.0 Å². The summed E-state index contributed by atoms with van der Waals surface area (Å²) in [5.74, 6) is 1.12. The number of nitrogens with zero attached hydrogens (tertiary/aromatic N) is 4. The minimum atomic E-state index is -0.415. The zero-order valence-electron chi connectivity index (χ0n) is 14.2. The Morgan fingerprint density at radius 2 is 2.20 bits per heavy atom. The van der Waals surface area contributed by atoms with Gasteiger partial charge in [0.15, 0.2) is 0 Å². The van der Waals surface area contributed by atoms with Crippen LogP contribution < -0.4 is 5.32 Å². The maximum absolute atomic E-state index is 10.5. The van der Waals surface area contributed by atoms with Crippen LogP contribution in [0.4, 0.5) is 5.82 Å². The Hall–Kier alpha value is -2.12. The SMILES string of the molecule is Cc1[nH]c2ncnc(N[C@@H]3CC(Cn4cc(Cl)cn4)C[C@H]3O)c2c1C. The van der Waals surface area contributed by atoms with Gasteiger partial charge in [0.1, 0.15) is 17.8 Å². The van der Waals surface area contributed by atoms with Gasteiger partial charge < -0.3 is 15.4 Å². The Morgan fingerprint density at radius 1 is 1.36 bits per heavy atom. The van der Waals surface area contributed by atoms with Gasteiger partial charge in [-0.15, -0.1) is 0 Å². The van der Waals surface area contributed by atoms with Crippen molar-refractivity contribution in [3.8, 4) is 0 Å². The number of aliphatic hydroxyl groups excluding tert-OH is 1. The molecule has 0 aliphatic heterocycles. The van der Waals surface area contributed by atoms with Crippen molar-refractivity contribution in [2.24, 2.45) is 5.92 Å². The molecule has 3 aromatic heterocycles. The number of nitrogens with one attached hydrogen (secondary N) is 2. The molecule has 25 heavy (non-hydrogen) atoms. The van der Waals surface area contributed by atoms with Crippen LogP contribution in [0, 0.1) is 19.8 Å². The lowest BCUT2D eigenvalue weighted by Crippen LogP contribution is -2.28. The second-order valence-corrected chi connectivity index (χ2v) is 7.29. The maximum atomic E-state index is 10.5. The molecule has 3 N–H and O–H groups in total. The van der Waals surface area contributed by atoms with E-state index in [9.17, 15) is 5.11 Å². The van der Waals surface area contributed by atoms with Crippen LogP contribution in [0.15, 0.2) is 18.7 Å². The lowest BCUT2D eigenvalue weighted by Gasteiger charge is -2.17. The van der Waals surface area contributed by atoms with Crippen LogP contribution in [0.2, 0.25) is 5.02 Å². The number of anilines is 1. The number of halogens is 1. The largest absolute Gasteiger partial charge is 0.391 e. The van der Waals surface area contributed by atoms with Gasteiger partial charge in [-0.05, 0) is 38.2 Å². The van der Waals surface area contributed by atoms with Crippen molar-refractivity contribution in [2.75, 3.05) is 5.32 Å². The average Bonchev–Trinajstić information content (AvgIpc) is 3.21. The van der Waals surface area contributed by atoms with Gasteiger partial charge in [-0.2, -0.15) is 5.10 Å². The summed E-state index contributed by atoms with van der Waals surface area (Å²) in [4.78, 5) is 12.0. The summed E-state index contributed by atoms with van der Waals surface area (Å²) in [5, 5.41) is 19.8. The van der Waals surface area contributed by atoms with Crippen LogP contribution in [0.1, 0.15) is 24.1 Å². The molecule has 0 saturated heterocycles. The number of aryl methyl sites for hydroxylation is 2. The fraction of sp³-hybridized carbons (Fsp3) is 0.471. The van der Waals surface area contributed by atoms with Gasteiger partial charge in [-0.3, -0.25) is 4.68 Å². The number of H-pyrrole nitrogens is 1. The van der Waals surface area contributed by atoms with Gasteiger partial charge in [0, 0.05) is 18.4 Å². The second-order valence-electron chi connectivity index (χ2n) is 6.86. The molecule has 0 bridgehead atoms. The molecular weight excluding hydrogens is 340 g/mol. The van der Waals surface area contributed by atoms with E-state index < -0.39 is 6.10 Å². The topological polar surface area (TPSA) is 91.7 Å². The van der Waals surface area contributed by atoms with E-state index in [2.05, 4.69) is 32.3 Å². The van der Waals surface area contributed by atoms with Crippen LogP contribution in [0.25, 0.3) is 11.0 Å². The molecule has 7 nitrogen and oxygen atoms in total. The molecule has 1 saturated carbocycles. The Balaban J connectivity index is 1.51. The van der Waals surface area contributed by atoms with E-state index >= 15 is 0 Å². The third-order valence-electron chi connectivity index (χ3n) is 5.09.